The lowest BCUT2D eigenvalue weighted by molar-refractivity contribution is -0.306. The van der Waals surface area contributed by atoms with Gasteiger partial charge in [0.05, 0.1) is 22.3 Å². The van der Waals surface area contributed by atoms with Crippen molar-refractivity contribution in [3.05, 3.63) is 59.1 Å². The summed E-state index contributed by atoms with van der Waals surface area (Å²) in [6.07, 6.45) is -0.315. The molecule has 0 N–H and O–H groups in total. The molecule has 0 bridgehead atoms. The molecule has 0 saturated carbocycles. The summed E-state index contributed by atoms with van der Waals surface area (Å²) in [5, 5.41) is 11.3. The van der Waals surface area contributed by atoms with Crippen LogP contribution in [0.15, 0.2) is 48.5 Å². The molecule has 0 aliphatic carbocycles. The molecule has 23 heavy (non-hydrogen) atoms. The molecule has 2 aromatic rings. The van der Waals surface area contributed by atoms with Crippen molar-refractivity contribution >= 4 is 29.2 Å². The molecule has 1 aliphatic heterocycles. The first kappa shape index (κ1) is 15.4. The van der Waals surface area contributed by atoms with E-state index in [1.807, 2.05) is 0 Å². The third-order valence-electron chi connectivity index (χ3n) is 3.65. The number of para-hydroxylation sites is 2. The number of carboxylic acids is 1. The van der Waals surface area contributed by atoms with Crippen molar-refractivity contribution in [2.45, 2.75) is 12.5 Å². The number of halogens is 1. The lowest BCUT2D eigenvalue weighted by Crippen LogP contribution is -2.49. The summed E-state index contributed by atoms with van der Waals surface area (Å²) in [6.45, 7) is 0.0845. The van der Waals surface area contributed by atoms with Gasteiger partial charge in [-0.2, -0.15) is 0 Å². The van der Waals surface area contributed by atoms with Crippen LogP contribution in [0.4, 0.5) is 5.69 Å². The third-order valence-corrected chi connectivity index (χ3v) is 3.98. The Hall–Kier alpha value is -2.53. The molecule has 0 saturated heterocycles. The molecule has 5 nitrogen and oxygen atoms in total. The van der Waals surface area contributed by atoms with Crippen molar-refractivity contribution in [3.63, 3.8) is 0 Å². The van der Waals surface area contributed by atoms with Gasteiger partial charge in [0.15, 0.2) is 0 Å². The monoisotopic (exact) mass is 330 g/mol. The van der Waals surface area contributed by atoms with Crippen molar-refractivity contribution in [1.29, 1.82) is 0 Å². The number of benzene rings is 2. The minimum atomic E-state index is -1.24. The van der Waals surface area contributed by atoms with Crippen LogP contribution in [0.25, 0.3) is 0 Å². The molecule has 1 heterocycles. The molecule has 118 valence electrons. The smallest absolute Gasteiger partial charge is 0.260 e. The van der Waals surface area contributed by atoms with Gasteiger partial charge in [-0.05, 0) is 24.3 Å². The van der Waals surface area contributed by atoms with Crippen LogP contribution in [0.2, 0.25) is 5.02 Å². The fourth-order valence-electron chi connectivity index (χ4n) is 2.62. The Bertz CT molecular complexity index is 762. The summed E-state index contributed by atoms with van der Waals surface area (Å²) in [6, 6.07) is 13.0. The summed E-state index contributed by atoms with van der Waals surface area (Å²) in [5.41, 5.74) is 0.837. The van der Waals surface area contributed by atoms with Gasteiger partial charge < -0.3 is 14.6 Å². The number of fused-ring (bicyclic) bond motifs is 1. The minimum Gasteiger partial charge on any atom is -0.550 e. The summed E-state index contributed by atoms with van der Waals surface area (Å²) < 4.78 is 5.57. The molecule has 0 unspecified atom stereocenters. The normalized spacial score (nSPS) is 16.4. The summed E-state index contributed by atoms with van der Waals surface area (Å²) in [7, 11) is 0. The highest BCUT2D eigenvalue weighted by molar-refractivity contribution is 6.34. The summed E-state index contributed by atoms with van der Waals surface area (Å²) in [5.74, 6) is -1.07. The van der Waals surface area contributed by atoms with Crippen LogP contribution in [-0.2, 0) is 4.79 Å². The molecule has 0 aromatic heterocycles. The molecule has 0 spiro atoms. The average molecular weight is 331 g/mol. The first-order valence-corrected chi connectivity index (χ1v) is 7.45. The number of carbonyl (C=O) groups excluding carboxylic acids is 2. The van der Waals surface area contributed by atoms with E-state index in [4.69, 9.17) is 16.3 Å². The first-order valence-electron chi connectivity index (χ1n) is 7.07. The second-order valence-electron chi connectivity index (χ2n) is 5.16. The number of nitrogens with zero attached hydrogens (tertiary/aromatic N) is 1. The van der Waals surface area contributed by atoms with Gasteiger partial charge in [0, 0.05) is 12.4 Å². The Morgan fingerprint density at radius 2 is 1.87 bits per heavy atom. The van der Waals surface area contributed by atoms with Crippen LogP contribution in [0.3, 0.4) is 0 Å². The van der Waals surface area contributed by atoms with Gasteiger partial charge in [-0.3, -0.25) is 9.69 Å². The molecule has 1 aliphatic rings. The van der Waals surface area contributed by atoms with Crippen molar-refractivity contribution in [2.24, 2.45) is 0 Å². The molecule has 0 radical (unpaired) electrons. The topological polar surface area (TPSA) is 69.7 Å². The van der Waals surface area contributed by atoms with Gasteiger partial charge in [-0.1, -0.05) is 35.9 Å². The van der Waals surface area contributed by atoms with E-state index in [0.717, 1.165) is 0 Å². The largest absolute Gasteiger partial charge is 0.550 e. The zero-order valence-electron chi connectivity index (χ0n) is 12.1. The maximum atomic E-state index is 12.9. The second-order valence-corrected chi connectivity index (χ2v) is 5.57. The molecule has 3 rings (SSSR count). The van der Waals surface area contributed by atoms with Crippen molar-refractivity contribution < 1.29 is 19.4 Å². The van der Waals surface area contributed by atoms with Gasteiger partial charge in [0.2, 0.25) is 0 Å². The van der Waals surface area contributed by atoms with Gasteiger partial charge >= 0.3 is 0 Å². The number of ether oxygens (including phenoxy) is 1. The summed E-state index contributed by atoms with van der Waals surface area (Å²) >= 11 is 6.11. The highest BCUT2D eigenvalue weighted by Crippen LogP contribution is 2.36. The van der Waals surface area contributed by atoms with E-state index in [9.17, 15) is 14.7 Å². The maximum absolute atomic E-state index is 12.9. The third kappa shape index (κ3) is 3.00. The second kappa shape index (κ2) is 6.30. The highest BCUT2D eigenvalue weighted by atomic mass is 35.5. The van der Waals surface area contributed by atoms with Crippen molar-refractivity contribution in [1.82, 2.24) is 0 Å². The van der Waals surface area contributed by atoms with E-state index >= 15 is 0 Å². The van der Waals surface area contributed by atoms with E-state index in [0.29, 0.717) is 22.0 Å². The number of rotatable bonds is 3. The Morgan fingerprint density at radius 3 is 2.61 bits per heavy atom. The Balaban J connectivity index is 2.05. The predicted molar refractivity (Wildman–Crippen MR) is 83.6 cm³/mol. The number of hydrogen-bond donors (Lipinski definition) is 0. The van der Waals surface area contributed by atoms with Crippen LogP contribution in [0.1, 0.15) is 16.8 Å². The SMILES string of the molecule is O=C([O-])C[C@H]1COc2ccccc2N1C(=O)c1ccccc1Cl. The number of amides is 1. The highest BCUT2D eigenvalue weighted by Gasteiger charge is 2.33. The molecular weight excluding hydrogens is 318 g/mol. The molecular formula is C17H13ClNO4-. The minimum absolute atomic E-state index is 0.0845. The van der Waals surface area contributed by atoms with Crippen LogP contribution >= 0.6 is 11.6 Å². The van der Waals surface area contributed by atoms with Gasteiger partial charge in [-0.15, -0.1) is 0 Å². The number of hydrogen-bond acceptors (Lipinski definition) is 4. The van der Waals surface area contributed by atoms with E-state index in [2.05, 4.69) is 0 Å². The van der Waals surface area contributed by atoms with E-state index in [1.165, 1.54) is 4.90 Å². The zero-order chi connectivity index (χ0) is 16.4. The molecule has 2 aromatic carbocycles. The lowest BCUT2D eigenvalue weighted by Gasteiger charge is -2.37. The van der Waals surface area contributed by atoms with E-state index < -0.39 is 12.0 Å². The standard InChI is InChI=1S/C17H14ClNO4/c18-13-6-2-1-5-12(13)17(22)19-11(9-16(20)21)10-23-15-8-4-3-7-14(15)19/h1-8,11H,9-10H2,(H,20,21)/p-1/t11-/m0/s1. The molecule has 0 fully saturated rings. The summed E-state index contributed by atoms with van der Waals surface area (Å²) in [4.78, 5) is 25.4. The maximum Gasteiger partial charge on any atom is 0.260 e. The van der Waals surface area contributed by atoms with Crippen LogP contribution in [0.5, 0.6) is 5.75 Å². The molecule has 6 heteroatoms. The van der Waals surface area contributed by atoms with Crippen LogP contribution < -0.4 is 14.7 Å². The first-order chi connectivity index (χ1) is 11.1. The van der Waals surface area contributed by atoms with Gasteiger partial charge in [-0.25, -0.2) is 0 Å². The Labute approximate surface area is 138 Å². The Kier molecular flexibility index (Phi) is 4.21. The predicted octanol–water partition coefficient (Wildman–Crippen LogP) is 1.89. The van der Waals surface area contributed by atoms with Crippen molar-refractivity contribution in [2.75, 3.05) is 11.5 Å². The number of carboxylic acid groups (broad SMARTS) is 1. The number of carbonyl (C=O) groups is 2. The molecule has 1 atom stereocenters. The Morgan fingerprint density at radius 1 is 1.17 bits per heavy atom. The lowest BCUT2D eigenvalue weighted by atomic mass is 10.1. The van der Waals surface area contributed by atoms with Gasteiger partial charge in [0.25, 0.3) is 5.91 Å². The fourth-order valence-corrected chi connectivity index (χ4v) is 2.83. The number of anilines is 1. The van der Waals surface area contributed by atoms with E-state index in [-0.39, 0.29) is 18.9 Å². The fraction of sp³-hybridized carbons (Fsp3) is 0.176. The van der Waals surface area contributed by atoms with Crippen LogP contribution in [0, 0.1) is 0 Å². The average Bonchev–Trinajstić information content (AvgIpc) is 2.54. The zero-order valence-corrected chi connectivity index (χ0v) is 12.8. The van der Waals surface area contributed by atoms with Crippen LogP contribution in [-0.4, -0.2) is 24.5 Å². The van der Waals surface area contributed by atoms with Gasteiger partial charge in [0.1, 0.15) is 12.4 Å². The van der Waals surface area contributed by atoms with Crippen molar-refractivity contribution in [3.8, 4) is 5.75 Å². The van der Waals surface area contributed by atoms with E-state index in [1.54, 1.807) is 48.5 Å². The quantitative estimate of drug-likeness (QED) is 0.861. The number of aliphatic carboxylic acids is 1. The molecule has 1 amide bonds.